The molecule has 324 valence electrons. The van der Waals surface area contributed by atoms with Gasteiger partial charge in [-0.15, -0.1) is 34.0 Å². The number of carbonyl (C=O) groups is 6. The van der Waals surface area contributed by atoms with E-state index in [9.17, 15) is 28.8 Å². The average molecular weight is 953 g/mol. The van der Waals surface area contributed by atoms with Gasteiger partial charge in [0.05, 0.1) is 0 Å². The van der Waals surface area contributed by atoms with Gasteiger partial charge in [-0.2, -0.15) is 0 Å². The molecule has 2 aromatic rings. The Balaban J connectivity index is 0.00000249. The Kier molecular flexibility index (Phi) is 11.9. The van der Waals surface area contributed by atoms with Crippen LogP contribution in [-0.4, -0.2) is 81.5 Å². The number of carbonyl (C=O) groups excluding carboxylic acids is 6. The predicted molar refractivity (Wildman–Crippen MR) is 237 cm³/mol. The SMILES string of the molecule is Br.Br.NCCCCC(C(=O)NC12CC3CC(CC(C3)C1)C2)N1C(=O)c2ccc3c4c(ccc(c24)C1=O)C(=O)N(C(CCCCN)C(=O)NC12CC4CC(CC(C4)C1)C2)C3=O. The molecule has 0 saturated heterocycles. The van der Waals surface area contributed by atoms with E-state index in [0.29, 0.717) is 74.3 Å². The van der Waals surface area contributed by atoms with Crippen LogP contribution >= 0.6 is 34.0 Å². The standard InChI is InChI=1S/C46H58N6O6.2BrH/c47-11-3-1-5-35(39(53)49-45-19-25-13-26(20-45)15-27(14-25)21-45)51-41(55)31-7-9-33-38-34(10-8-32(37(31)38)42(51)56)44(58)52(43(33)57)36(6-2-4-12-48)40(54)50-46-22-28-16-29(23-46)18-30(17-28)24-46;;/h7-10,25-30,35-36H,1-6,11-24,47-48H2,(H,49,53)(H,50,54);2*1H. The number of nitrogens with two attached hydrogens (primary N) is 2. The molecule has 0 radical (unpaired) electrons. The summed E-state index contributed by atoms with van der Waals surface area (Å²) in [6.45, 7) is 0.853. The quantitative estimate of drug-likeness (QED) is 0.125. The Morgan fingerprint density at radius 3 is 1.03 bits per heavy atom. The number of nitrogens with zero attached hydrogens (tertiary/aromatic N) is 2. The van der Waals surface area contributed by atoms with E-state index in [1.807, 2.05) is 0 Å². The molecule has 2 unspecified atom stereocenters. The minimum Gasteiger partial charge on any atom is -0.349 e. The van der Waals surface area contributed by atoms with Crippen molar-refractivity contribution >= 4 is 80.2 Å². The van der Waals surface area contributed by atoms with Crippen LogP contribution in [0.3, 0.4) is 0 Å². The Labute approximate surface area is 372 Å². The van der Waals surface area contributed by atoms with Gasteiger partial charge in [-0.05, 0) is 188 Å². The lowest BCUT2D eigenvalue weighted by Crippen LogP contribution is -2.64. The summed E-state index contributed by atoms with van der Waals surface area (Å²) >= 11 is 0. The van der Waals surface area contributed by atoms with Gasteiger partial charge in [0.15, 0.2) is 0 Å². The van der Waals surface area contributed by atoms with Gasteiger partial charge < -0.3 is 22.1 Å². The van der Waals surface area contributed by atoms with Crippen LogP contribution in [0.15, 0.2) is 24.3 Å². The lowest BCUT2D eigenvalue weighted by molar-refractivity contribution is -0.132. The smallest absolute Gasteiger partial charge is 0.262 e. The first-order chi connectivity index (χ1) is 28.0. The molecule has 2 atom stereocenters. The fourth-order valence-electron chi connectivity index (χ4n) is 14.4. The van der Waals surface area contributed by atoms with Crippen molar-refractivity contribution in [1.82, 2.24) is 20.4 Å². The second-order valence-corrected chi connectivity index (χ2v) is 20.0. The molecule has 0 spiro atoms. The van der Waals surface area contributed by atoms with Gasteiger partial charge in [0.1, 0.15) is 12.1 Å². The molecule has 60 heavy (non-hydrogen) atoms. The van der Waals surface area contributed by atoms with Crippen molar-refractivity contribution < 1.29 is 28.8 Å². The number of halogens is 2. The molecule has 0 aromatic heterocycles. The third-order valence-corrected chi connectivity index (χ3v) is 15.9. The Morgan fingerprint density at radius 2 is 0.783 bits per heavy atom. The van der Waals surface area contributed by atoms with E-state index >= 15 is 0 Å². The van der Waals surface area contributed by atoms with Crippen molar-refractivity contribution in [1.29, 1.82) is 0 Å². The van der Waals surface area contributed by atoms with Crippen molar-refractivity contribution in [2.45, 2.75) is 139 Å². The molecule has 10 aliphatic rings. The molecule has 14 heteroatoms. The van der Waals surface area contributed by atoms with E-state index in [4.69, 9.17) is 11.5 Å². The summed E-state index contributed by atoms with van der Waals surface area (Å²) < 4.78 is 0. The van der Waals surface area contributed by atoms with E-state index in [-0.39, 0.29) is 103 Å². The topological polar surface area (TPSA) is 185 Å². The van der Waals surface area contributed by atoms with Crippen LogP contribution in [0.2, 0.25) is 0 Å². The van der Waals surface area contributed by atoms with Crippen LogP contribution in [0.5, 0.6) is 0 Å². The van der Waals surface area contributed by atoms with Gasteiger partial charge in [0.25, 0.3) is 23.6 Å². The number of hydrogen-bond donors (Lipinski definition) is 4. The lowest BCUT2D eigenvalue weighted by atomic mass is 9.53. The summed E-state index contributed by atoms with van der Waals surface area (Å²) in [4.78, 5) is 89.6. The molecule has 2 aromatic carbocycles. The molecule has 8 aliphatic carbocycles. The maximum absolute atomic E-state index is 14.6. The zero-order valence-electron chi connectivity index (χ0n) is 34.4. The molecule has 8 saturated carbocycles. The Hall–Kier alpha value is -3.20. The summed E-state index contributed by atoms with van der Waals surface area (Å²) in [5, 5.41) is 7.34. The lowest BCUT2D eigenvalue weighted by Gasteiger charge is -2.57. The van der Waals surface area contributed by atoms with Crippen LogP contribution in [0.1, 0.15) is 157 Å². The van der Waals surface area contributed by atoms with Crippen molar-refractivity contribution in [3.05, 3.63) is 46.5 Å². The number of nitrogens with one attached hydrogen (secondary N) is 2. The fraction of sp³-hybridized carbons (Fsp3) is 0.652. The second kappa shape index (κ2) is 16.5. The average Bonchev–Trinajstić information content (AvgIpc) is 3.16. The number of benzene rings is 2. The first-order valence-electron chi connectivity index (χ1n) is 22.4. The minimum atomic E-state index is -1.03. The molecule has 8 fully saturated rings. The third-order valence-electron chi connectivity index (χ3n) is 15.9. The molecule has 12 nitrogen and oxygen atoms in total. The summed E-state index contributed by atoms with van der Waals surface area (Å²) in [6.07, 6.45) is 15.9. The largest absolute Gasteiger partial charge is 0.349 e. The van der Waals surface area contributed by atoms with Crippen molar-refractivity contribution in [3.63, 3.8) is 0 Å². The highest BCUT2D eigenvalue weighted by Crippen LogP contribution is 2.57. The van der Waals surface area contributed by atoms with Gasteiger partial charge in [0.2, 0.25) is 11.8 Å². The third kappa shape index (κ3) is 7.16. The molecule has 12 rings (SSSR count). The van der Waals surface area contributed by atoms with Crippen LogP contribution in [0.4, 0.5) is 0 Å². The number of amides is 6. The zero-order chi connectivity index (χ0) is 40.1. The number of imide groups is 2. The first-order valence-corrected chi connectivity index (χ1v) is 22.4. The molecule has 6 amide bonds. The summed E-state index contributed by atoms with van der Waals surface area (Å²) in [5.41, 5.74) is 11.8. The van der Waals surface area contributed by atoms with Crippen LogP contribution < -0.4 is 22.1 Å². The van der Waals surface area contributed by atoms with Gasteiger partial charge in [-0.3, -0.25) is 38.6 Å². The van der Waals surface area contributed by atoms with Gasteiger partial charge >= 0.3 is 0 Å². The normalized spacial score (nSPS) is 32.5. The van der Waals surface area contributed by atoms with Crippen LogP contribution in [-0.2, 0) is 9.59 Å². The highest BCUT2D eigenvalue weighted by molar-refractivity contribution is 8.93. The maximum Gasteiger partial charge on any atom is 0.262 e. The van der Waals surface area contributed by atoms with Crippen molar-refractivity contribution in [3.8, 4) is 0 Å². The van der Waals surface area contributed by atoms with E-state index in [0.717, 1.165) is 48.3 Å². The van der Waals surface area contributed by atoms with Crippen molar-refractivity contribution in [2.75, 3.05) is 13.1 Å². The summed E-state index contributed by atoms with van der Waals surface area (Å²) in [5.74, 6) is 0.552. The van der Waals surface area contributed by atoms with E-state index in [1.165, 1.54) is 38.5 Å². The molecule has 2 heterocycles. The Morgan fingerprint density at radius 1 is 0.517 bits per heavy atom. The summed E-state index contributed by atoms with van der Waals surface area (Å²) in [6, 6.07) is 4.12. The zero-order valence-corrected chi connectivity index (χ0v) is 37.8. The van der Waals surface area contributed by atoms with Crippen molar-refractivity contribution in [2.24, 2.45) is 47.0 Å². The van der Waals surface area contributed by atoms with Crippen LogP contribution in [0, 0.1) is 35.5 Å². The highest BCUT2D eigenvalue weighted by atomic mass is 79.9. The van der Waals surface area contributed by atoms with Gasteiger partial charge in [-0.1, -0.05) is 0 Å². The van der Waals surface area contributed by atoms with E-state index < -0.39 is 35.7 Å². The number of unbranched alkanes of at least 4 members (excludes halogenated alkanes) is 2. The second-order valence-electron chi connectivity index (χ2n) is 20.0. The molecular weight excluding hydrogens is 892 g/mol. The molecule has 8 bridgehead atoms. The first kappa shape index (κ1) is 43.4. The van der Waals surface area contributed by atoms with Crippen LogP contribution in [0.25, 0.3) is 10.8 Å². The number of hydrogen-bond acceptors (Lipinski definition) is 8. The molecule has 6 N–H and O–H groups in total. The van der Waals surface area contributed by atoms with E-state index in [2.05, 4.69) is 10.6 Å². The van der Waals surface area contributed by atoms with Gasteiger partial charge in [0, 0.05) is 44.1 Å². The maximum atomic E-state index is 14.6. The highest BCUT2D eigenvalue weighted by Gasteiger charge is 2.55. The fourth-order valence-corrected chi connectivity index (χ4v) is 14.4. The predicted octanol–water partition coefficient (Wildman–Crippen LogP) is 6.35. The minimum absolute atomic E-state index is 0. The molecule has 2 aliphatic heterocycles. The summed E-state index contributed by atoms with van der Waals surface area (Å²) in [7, 11) is 0. The monoisotopic (exact) mass is 950 g/mol. The number of rotatable bonds is 14. The molecular formula is C46H60Br2N6O6. The van der Waals surface area contributed by atoms with Gasteiger partial charge in [-0.25, -0.2) is 0 Å². The van der Waals surface area contributed by atoms with E-state index in [1.54, 1.807) is 24.3 Å². The Bertz CT molecular complexity index is 1840.